The highest BCUT2D eigenvalue weighted by molar-refractivity contribution is 6.89. The fraction of sp³-hybridized carbons (Fsp3) is 0.200. The molecule has 0 saturated carbocycles. The summed E-state index contributed by atoms with van der Waals surface area (Å²) in [5.74, 6) is -3.32. The summed E-state index contributed by atoms with van der Waals surface area (Å²) in [6, 6.07) is 9.57. The average Bonchev–Trinajstić information content (AvgIpc) is 2.35. The van der Waals surface area contributed by atoms with Crippen LogP contribution in [0.15, 0.2) is 36.4 Å². The van der Waals surface area contributed by atoms with E-state index < -0.39 is 25.5 Å². The van der Waals surface area contributed by atoms with E-state index in [2.05, 4.69) is 0 Å². The Morgan fingerprint density at radius 3 is 2.05 bits per heavy atom. The zero-order valence-corrected chi connectivity index (χ0v) is 12.5. The molecule has 0 aliphatic rings. The van der Waals surface area contributed by atoms with Crippen molar-refractivity contribution in [1.29, 1.82) is 0 Å². The standard InChI is InChI=1S/C15H15F3OSi/c1-20(2,3)15-12(9-11(16)13(17)14(15)18)19-10-7-5-4-6-8-10/h4-9H,1-3H3. The summed E-state index contributed by atoms with van der Waals surface area (Å²) in [5.41, 5.74) is 0. The summed E-state index contributed by atoms with van der Waals surface area (Å²) in [5, 5.41) is 0.153. The topological polar surface area (TPSA) is 9.23 Å². The molecule has 0 spiro atoms. The van der Waals surface area contributed by atoms with Crippen molar-refractivity contribution in [3.8, 4) is 11.5 Å². The second-order valence-corrected chi connectivity index (χ2v) is 10.5. The first-order chi connectivity index (χ1) is 9.30. The van der Waals surface area contributed by atoms with Crippen LogP contribution in [0.3, 0.4) is 0 Å². The minimum absolute atomic E-state index is 0.0479. The average molecular weight is 296 g/mol. The Morgan fingerprint density at radius 2 is 1.50 bits per heavy atom. The molecule has 0 fully saturated rings. The molecule has 0 atom stereocenters. The van der Waals surface area contributed by atoms with Crippen molar-refractivity contribution < 1.29 is 17.9 Å². The third kappa shape index (κ3) is 2.87. The largest absolute Gasteiger partial charge is 0.457 e. The van der Waals surface area contributed by atoms with Gasteiger partial charge in [-0.3, -0.25) is 0 Å². The molecule has 1 nitrogen and oxygen atoms in total. The van der Waals surface area contributed by atoms with Gasteiger partial charge in [0.25, 0.3) is 0 Å². The number of ether oxygens (including phenoxy) is 1. The smallest absolute Gasteiger partial charge is 0.194 e. The van der Waals surface area contributed by atoms with Gasteiger partial charge in [0.15, 0.2) is 17.5 Å². The molecular formula is C15H15F3OSi. The summed E-state index contributed by atoms with van der Waals surface area (Å²) in [6.45, 7) is 5.54. The van der Waals surface area contributed by atoms with E-state index in [0.717, 1.165) is 6.07 Å². The molecular weight excluding hydrogens is 281 g/mol. The van der Waals surface area contributed by atoms with Crippen LogP contribution in [0.2, 0.25) is 19.6 Å². The van der Waals surface area contributed by atoms with Crippen LogP contribution in [-0.4, -0.2) is 8.07 Å². The maximum Gasteiger partial charge on any atom is 0.194 e. The lowest BCUT2D eigenvalue weighted by Crippen LogP contribution is -2.41. The Labute approximate surface area is 117 Å². The SMILES string of the molecule is C[Si](C)(C)c1c(Oc2ccccc2)cc(F)c(F)c1F. The Morgan fingerprint density at radius 1 is 0.900 bits per heavy atom. The van der Waals surface area contributed by atoms with Crippen molar-refractivity contribution in [3.63, 3.8) is 0 Å². The van der Waals surface area contributed by atoms with E-state index >= 15 is 0 Å². The molecule has 5 heteroatoms. The van der Waals surface area contributed by atoms with E-state index in [4.69, 9.17) is 4.74 Å². The van der Waals surface area contributed by atoms with E-state index in [1.807, 2.05) is 19.6 Å². The Hall–Kier alpha value is -1.75. The van der Waals surface area contributed by atoms with Gasteiger partial charge in [-0.05, 0) is 12.1 Å². The fourth-order valence-electron chi connectivity index (χ4n) is 1.97. The molecule has 0 bridgehead atoms. The fourth-order valence-corrected chi connectivity index (χ4v) is 3.60. The van der Waals surface area contributed by atoms with E-state index in [9.17, 15) is 13.2 Å². The maximum absolute atomic E-state index is 14.1. The third-order valence-corrected chi connectivity index (χ3v) is 4.81. The van der Waals surface area contributed by atoms with Crippen LogP contribution < -0.4 is 9.92 Å². The second kappa shape index (κ2) is 5.32. The van der Waals surface area contributed by atoms with Gasteiger partial charge >= 0.3 is 0 Å². The lowest BCUT2D eigenvalue weighted by Gasteiger charge is -2.22. The molecule has 0 saturated heterocycles. The molecule has 0 aliphatic heterocycles. The van der Waals surface area contributed by atoms with Gasteiger partial charge < -0.3 is 4.74 Å². The summed E-state index contributed by atoms with van der Waals surface area (Å²) in [6.07, 6.45) is 0. The molecule has 0 heterocycles. The van der Waals surface area contributed by atoms with Gasteiger partial charge in [0.05, 0.1) is 8.07 Å². The molecule has 0 radical (unpaired) electrons. The molecule has 0 N–H and O–H groups in total. The normalized spacial score (nSPS) is 11.5. The summed E-state index contributed by atoms with van der Waals surface area (Å²) >= 11 is 0. The number of rotatable bonds is 3. The van der Waals surface area contributed by atoms with Gasteiger partial charge in [0.1, 0.15) is 11.5 Å². The number of halogens is 3. The number of para-hydroxylation sites is 1. The molecule has 0 aromatic heterocycles. The van der Waals surface area contributed by atoms with Gasteiger partial charge in [-0.15, -0.1) is 0 Å². The van der Waals surface area contributed by atoms with Crippen LogP contribution in [0.4, 0.5) is 13.2 Å². The molecule has 2 aromatic carbocycles. The second-order valence-electron chi connectivity index (χ2n) is 5.52. The zero-order valence-electron chi connectivity index (χ0n) is 11.5. The van der Waals surface area contributed by atoms with Crippen LogP contribution in [0.1, 0.15) is 0 Å². The van der Waals surface area contributed by atoms with Crippen molar-refractivity contribution in [2.45, 2.75) is 19.6 Å². The van der Waals surface area contributed by atoms with Crippen molar-refractivity contribution in [2.24, 2.45) is 0 Å². The van der Waals surface area contributed by atoms with Crippen molar-refractivity contribution >= 4 is 13.3 Å². The van der Waals surface area contributed by atoms with E-state index in [0.29, 0.717) is 5.75 Å². The molecule has 20 heavy (non-hydrogen) atoms. The van der Waals surface area contributed by atoms with Crippen molar-refractivity contribution in [3.05, 3.63) is 53.8 Å². The van der Waals surface area contributed by atoms with E-state index in [-0.39, 0.29) is 10.9 Å². The third-order valence-electron chi connectivity index (χ3n) is 2.85. The quantitative estimate of drug-likeness (QED) is 0.601. The molecule has 2 aromatic rings. The molecule has 0 aliphatic carbocycles. The minimum atomic E-state index is -2.24. The maximum atomic E-state index is 14.1. The van der Waals surface area contributed by atoms with E-state index in [1.54, 1.807) is 30.3 Å². The van der Waals surface area contributed by atoms with Gasteiger partial charge in [-0.2, -0.15) is 0 Å². The summed E-state index contributed by atoms with van der Waals surface area (Å²) in [4.78, 5) is 0. The molecule has 0 amide bonds. The van der Waals surface area contributed by atoms with Crippen LogP contribution in [0.25, 0.3) is 0 Å². The molecule has 106 valence electrons. The van der Waals surface area contributed by atoms with Crippen LogP contribution in [0, 0.1) is 17.5 Å². The predicted molar refractivity (Wildman–Crippen MR) is 75.8 cm³/mol. The van der Waals surface area contributed by atoms with Gasteiger partial charge in [0.2, 0.25) is 0 Å². The Bertz CT molecular complexity index is 621. The Balaban J connectivity index is 2.57. The van der Waals surface area contributed by atoms with Crippen LogP contribution >= 0.6 is 0 Å². The minimum Gasteiger partial charge on any atom is -0.457 e. The highest BCUT2D eigenvalue weighted by Crippen LogP contribution is 2.26. The van der Waals surface area contributed by atoms with Crippen molar-refractivity contribution in [2.75, 3.05) is 0 Å². The number of benzene rings is 2. The van der Waals surface area contributed by atoms with Gasteiger partial charge in [-0.1, -0.05) is 37.8 Å². The van der Waals surface area contributed by atoms with Crippen LogP contribution in [0.5, 0.6) is 11.5 Å². The lowest BCUT2D eigenvalue weighted by molar-refractivity contribution is 0.429. The highest BCUT2D eigenvalue weighted by Gasteiger charge is 2.30. The zero-order chi connectivity index (χ0) is 14.9. The van der Waals surface area contributed by atoms with Crippen LogP contribution in [-0.2, 0) is 0 Å². The monoisotopic (exact) mass is 296 g/mol. The molecule has 2 rings (SSSR count). The van der Waals surface area contributed by atoms with Gasteiger partial charge in [-0.25, -0.2) is 13.2 Å². The predicted octanol–water partition coefficient (Wildman–Crippen LogP) is 4.44. The summed E-state index contributed by atoms with van der Waals surface area (Å²) in [7, 11) is -2.24. The van der Waals surface area contributed by atoms with Gasteiger partial charge in [0, 0.05) is 11.3 Å². The lowest BCUT2D eigenvalue weighted by atomic mass is 10.3. The summed E-state index contributed by atoms with van der Waals surface area (Å²) < 4.78 is 46.5. The molecule has 0 unspecified atom stereocenters. The first kappa shape index (κ1) is 14.7. The Kier molecular flexibility index (Phi) is 3.90. The highest BCUT2D eigenvalue weighted by atomic mass is 28.3. The van der Waals surface area contributed by atoms with Crippen molar-refractivity contribution in [1.82, 2.24) is 0 Å². The first-order valence-corrected chi connectivity index (χ1v) is 9.71. The first-order valence-electron chi connectivity index (χ1n) is 6.21. The van der Waals surface area contributed by atoms with E-state index in [1.165, 1.54) is 0 Å². The number of hydrogen-bond acceptors (Lipinski definition) is 1. The number of hydrogen-bond donors (Lipinski definition) is 0.